The van der Waals surface area contributed by atoms with E-state index in [0.29, 0.717) is 5.13 Å². The average Bonchev–Trinajstić information content (AvgIpc) is 2.97. The van der Waals surface area contributed by atoms with Crippen LogP contribution in [0.4, 0.5) is 5.13 Å². The van der Waals surface area contributed by atoms with Crippen LogP contribution in [0.1, 0.15) is 18.1 Å². The molecule has 0 radical (unpaired) electrons. The van der Waals surface area contributed by atoms with Crippen LogP contribution in [0.3, 0.4) is 0 Å². The number of aryl methyl sites for hydroxylation is 1. The van der Waals surface area contributed by atoms with Crippen LogP contribution in [-0.4, -0.2) is 23.2 Å². The maximum Gasteiger partial charge on any atom is 0.266 e. The van der Waals surface area contributed by atoms with E-state index in [2.05, 4.69) is 15.5 Å². The minimum atomic E-state index is -0.283. The first-order valence-electron chi connectivity index (χ1n) is 7.51. The maximum atomic E-state index is 11.9. The second kappa shape index (κ2) is 7.23. The van der Waals surface area contributed by atoms with Crippen LogP contribution in [0.15, 0.2) is 53.7 Å². The molecular formula is C18H17N3O2S. The van der Waals surface area contributed by atoms with Crippen molar-refractivity contribution in [1.29, 1.82) is 0 Å². The average molecular weight is 339 g/mol. The fourth-order valence-electron chi connectivity index (χ4n) is 2.12. The highest BCUT2D eigenvalue weighted by Crippen LogP contribution is 2.25. The van der Waals surface area contributed by atoms with E-state index in [1.165, 1.54) is 16.9 Å². The number of amides is 1. The number of aromatic nitrogens is 1. The molecule has 6 heteroatoms. The first-order valence-corrected chi connectivity index (χ1v) is 8.32. The van der Waals surface area contributed by atoms with Crippen LogP contribution in [-0.2, 0) is 9.63 Å². The van der Waals surface area contributed by atoms with Crippen LogP contribution < -0.4 is 5.32 Å². The lowest BCUT2D eigenvalue weighted by Gasteiger charge is -2.03. The van der Waals surface area contributed by atoms with Crippen molar-refractivity contribution in [2.45, 2.75) is 13.8 Å². The lowest BCUT2D eigenvalue weighted by Crippen LogP contribution is -2.17. The summed E-state index contributed by atoms with van der Waals surface area (Å²) in [5.74, 6) is -0.283. The van der Waals surface area contributed by atoms with Crippen molar-refractivity contribution in [3.05, 3.63) is 59.7 Å². The van der Waals surface area contributed by atoms with Gasteiger partial charge in [0.1, 0.15) is 0 Å². The molecule has 0 fully saturated rings. The van der Waals surface area contributed by atoms with Gasteiger partial charge in [-0.3, -0.25) is 10.1 Å². The molecule has 1 heterocycles. The predicted octanol–water partition coefficient (Wildman–Crippen LogP) is 3.98. The van der Waals surface area contributed by atoms with Gasteiger partial charge in [0.05, 0.1) is 15.9 Å². The molecule has 0 unspecified atom stereocenters. The largest absolute Gasteiger partial charge is 0.385 e. The Labute approximate surface area is 144 Å². The van der Waals surface area contributed by atoms with Gasteiger partial charge in [-0.25, -0.2) is 4.98 Å². The third kappa shape index (κ3) is 3.97. The second-order valence-electron chi connectivity index (χ2n) is 5.35. The van der Waals surface area contributed by atoms with Gasteiger partial charge in [0.25, 0.3) is 5.91 Å². The molecule has 1 aromatic heterocycles. The number of rotatable bonds is 5. The van der Waals surface area contributed by atoms with Crippen molar-refractivity contribution in [3.8, 4) is 0 Å². The highest BCUT2D eigenvalue weighted by molar-refractivity contribution is 7.22. The van der Waals surface area contributed by atoms with Crippen molar-refractivity contribution in [2.75, 3.05) is 11.9 Å². The van der Waals surface area contributed by atoms with E-state index in [-0.39, 0.29) is 12.5 Å². The number of carbonyl (C=O) groups is 1. The molecule has 0 atom stereocenters. The Morgan fingerprint density at radius 3 is 2.71 bits per heavy atom. The smallest absolute Gasteiger partial charge is 0.266 e. The summed E-state index contributed by atoms with van der Waals surface area (Å²) in [4.78, 5) is 21.4. The number of hydrogen-bond acceptors (Lipinski definition) is 5. The summed E-state index contributed by atoms with van der Waals surface area (Å²) in [6, 6.07) is 15.7. The Morgan fingerprint density at radius 1 is 1.21 bits per heavy atom. The molecule has 0 aliphatic heterocycles. The van der Waals surface area contributed by atoms with Crippen LogP contribution in [0.2, 0.25) is 0 Å². The van der Waals surface area contributed by atoms with Gasteiger partial charge in [-0.1, -0.05) is 58.5 Å². The molecule has 0 aliphatic carbocycles. The van der Waals surface area contributed by atoms with Crippen LogP contribution >= 0.6 is 11.3 Å². The minimum Gasteiger partial charge on any atom is -0.385 e. The van der Waals surface area contributed by atoms with Crippen molar-refractivity contribution in [3.63, 3.8) is 0 Å². The third-order valence-electron chi connectivity index (χ3n) is 3.41. The Morgan fingerprint density at radius 2 is 1.96 bits per heavy atom. The van der Waals surface area contributed by atoms with Gasteiger partial charge in [0, 0.05) is 0 Å². The Hall–Kier alpha value is -2.73. The van der Waals surface area contributed by atoms with E-state index in [9.17, 15) is 4.79 Å². The van der Waals surface area contributed by atoms with Gasteiger partial charge in [0.15, 0.2) is 11.7 Å². The molecule has 122 valence electrons. The number of thiazole rings is 1. The zero-order valence-corrected chi connectivity index (χ0v) is 14.3. The molecule has 24 heavy (non-hydrogen) atoms. The number of nitrogens with one attached hydrogen (secondary N) is 1. The molecule has 0 bridgehead atoms. The first-order chi connectivity index (χ1) is 11.6. The minimum absolute atomic E-state index is 0.154. The lowest BCUT2D eigenvalue weighted by molar-refractivity contribution is -0.120. The molecule has 0 saturated heterocycles. The van der Waals surface area contributed by atoms with E-state index in [1.807, 2.05) is 62.4 Å². The number of anilines is 1. The van der Waals surface area contributed by atoms with Crippen molar-refractivity contribution < 1.29 is 9.63 Å². The molecule has 2 aromatic carbocycles. The highest BCUT2D eigenvalue weighted by atomic mass is 32.1. The molecule has 5 nitrogen and oxygen atoms in total. The summed E-state index contributed by atoms with van der Waals surface area (Å²) in [7, 11) is 0. The topological polar surface area (TPSA) is 63.6 Å². The van der Waals surface area contributed by atoms with Crippen LogP contribution in [0.25, 0.3) is 10.2 Å². The Balaban J connectivity index is 1.55. The van der Waals surface area contributed by atoms with Crippen LogP contribution in [0, 0.1) is 6.92 Å². The molecule has 1 N–H and O–H groups in total. The lowest BCUT2D eigenvalue weighted by atomic mass is 10.1. The molecule has 1 amide bonds. The van der Waals surface area contributed by atoms with E-state index in [4.69, 9.17) is 4.84 Å². The molecule has 3 aromatic rings. The van der Waals surface area contributed by atoms with Crippen LogP contribution in [0.5, 0.6) is 0 Å². The second-order valence-corrected chi connectivity index (χ2v) is 6.38. The normalized spacial score (nSPS) is 11.5. The van der Waals surface area contributed by atoms with Gasteiger partial charge >= 0.3 is 0 Å². The maximum absolute atomic E-state index is 11.9. The van der Waals surface area contributed by atoms with E-state index >= 15 is 0 Å². The number of hydrogen-bond donors (Lipinski definition) is 1. The number of carbonyl (C=O) groups excluding carboxylic acids is 1. The number of para-hydroxylation sites is 1. The Bertz CT molecular complexity index is 852. The SMILES string of the molecule is C/C(=N/OCC(=O)Nc1nc2ccccc2s1)c1ccc(C)cc1. The van der Waals surface area contributed by atoms with Gasteiger partial charge in [-0.15, -0.1) is 0 Å². The highest BCUT2D eigenvalue weighted by Gasteiger charge is 2.08. The summed E-state index contributed by atoms with van der Waals surface area (Å²) in [6.45, 7) is 3.72. The van der Waals surface area contributed by atoms with E-state index in [1.54, 1.807) is 0 Å². The van der Waals surface area contributed by atoms with Crippen molar-refractivity contribution >= 4 is 38.3 Å². The Kier molecular flexibility index (Phi) is 4.86. The predicted molar refractivity (Wildman–Crippen MR) is 97.6 cm³/mol. The summed E-state index contributed by atoms with van der Waals surface area (Å²) in [5.41, 5.74) is 3.74. The number of nitrogens with zero attached hydrogens (tertiary/aromatic N) is 2. The molecular weight excluding hydrogens is 322 g/mol. The zero-order valence-electron chi connectivity index (χ0n) is 13.4. The summed E-state index contributed by atoms with van der Waals surface area (Å²) >= 11 is 1.43. The number of oxime groups is 1. The number of benzene rings is 2. The molecule has 0 saturated carbocycles. The summed E-state index contributed by atoms with van der Waals surface area (Å²) in [6.07, 6.45) is 0. The standard InChI is InChI=1S/C18H17N3O2S/c1-12-7-9-14(10-8-12)13(2)21-23-11-17(22)20-18-19-15-5-3-4-6-16(15)24-18/h3-10H,11H2,1-2H3,(H,19,20,22)/b21-13-. The van der Waals surface area contributed by atoms with Gasteiger partial charge in [0.2, 0.25) is 0 Å². The fraction of sp³-hybridized carbons (Fsp3) is 0.167. The molecule has 0 spiro atoms. The van der Waals surface area contributed by atoms with Gasteiger partial charge in [-0.2, -0.15) is 0 Å². The monoisotopic (exact) mass is 339 g/mol. The summed E-state index contributed by atoms with van der Waals surface area (Å²) < 4.78 is 1.03. The molecule has 0 aliphatic rings. The summed E-state index contributed by atoms with van der Waals surface area (Å²) in [5, 5.41) is 7.27. The van der Waals surface area contributed by atoms with Gasteiger partial charge in [-0.05, 0) is 31.5 Å². The fourth-order valence-corrected chi connectivity index (χ4v) is 3.00. The van der Waals surface area contributed by atoms with Crippen molar-refractivity contribution in [2.24, 2.45) is 5.16 Å². The van der Waals surface area contributed by atoms with E-state index < -0.39 is 0 Å². The third-order valence-corrected chi connectivity index (χ3v) is 4.36. The van der Waals surface area contributed by atoms with Gasteiger partial charge < -0.3 is 4.84 Å². The zero-order chi connectivity index (χ0) is 16.9. The quantitative estimate of drug-likeness (QED) is 0.565. The number of fused-ring (bicyclic) bond motifs is 1. The first kappa shape index (κ1) is 16.1. The van der Waals surface area contributed by atoms with Crippen molar-refractivity contribution in [1.82, 2.24) is 4.98 Å². The van der Waals surface area contributed by atoms with E-state index in [0.717, 1.165) is 21.5 Å². The molecule has 3 rings (SSSR count).